The summed E-state index contributed by atoms with van der Waals surface area (Å²) in [6, 6.07) is 12.4. The number of phenols is 1. The Bertz CT molecular complexity index is 2260. The lowest BCUT2D eigenvalue weighted by molar-refractivity contribution is -0.130. The number of nitrogens with zero attached hydrogens (tertiary/aromatic N) is 6. The summed E-state index contributed by atoms with van der Waals surface area (Å²) >= 11 is 0. The number of aromatic nitrogens is 3. The molecule has 0 spiro atoms. The molecule has 0 unspecified atom stereocenters. The molecule has 0 radical (unpaired) electrons. The van der Waals surface area contributed by atoms with E-state index in [4.69, 9.17) is 4.98 Å². The number of aromatic hydroxyl groups is 1. The highest BCUT2D eigenvalue weighted by molar-refractivity contribution is 6.12. The van der Waals surface area contributed by atoms with Gasteiger partial charge in [-0.3, -0.25) is 23.9 Å². The minimum absolute atomic E-state index is 0.0399. The predicted molar refractivity (Wildman–Crippen MR) is 184 cm³/mol. The molecule has 7 rings (SSSR count). The SMILES string of the molecule is C=CC(=O)N1C[C@@H]2C(=O)N(C)c3c(c4cc(F)c(-c5cc(O)cc6ccccc56)nc4n(-c4c(C)ccnc4C(C)C)c3=O)N2C[C@H]1C. The molecule has 1 fully saturated rings. The minimum Gasteiger partial charge on any atom is -0.508 e. The van der Waals surface area contributed by atoms with Crippen LogP contribution >= 0.6 is 0 Å². The Hall–Kier alpha value is -5.58. The number of benzene rings is 2. The number of likely N-dealkylation sites (N-methyl/N-ethyl adjacent to an activating group) is 1. The number of carbonyl (C=O) groups is 2. The lowest BCUT2D eigenvalue weighted by Crippen LogP contribution is -2.66. The molecular weight excluding hydrogens is 611 g/mol. The van der Waals surface area contributed by atoms with E-state index in [2.05, 4.69) is 11.6 Å². The Labute approximate surface area is 276 Å². The van der Waals surface area contributed by atoms with Gasteiger partial charge in [-0.15, -0.1) is 0 Å². The van der Waals surface area contributed by atoms with Gasteiger partial charge < -0.3 is 19.8 Å². The molecule has 48 heavy (non-hydrogen) atoms. The van der Waals surface area contributed by atoms with E-state index in [0.717, 1.165) is 5.56 Å². The highest BCUT2D eigenvalue weighted by Crippen LogP contribution is 2.43. The van der Waals surface area contributed by atoms with Gasteiger partial charge in [0.25, 0.3) is 11.5 Å². The quantitative estimate of drug-likeness (QED) is 0.259. The molecule has 3 aromatic heterocycles. The number of pyridine rings is 3. The van der Waals surface area contributed by atoms with Crippen molar-refractivity contribution in [2.75, 3.05) is 29.9 Å². The predicted octanol–water partition coefficient (Wildman–Crippen LogP) is 5.45. The van der Waals surface area contributed by atoms with Gasteiger partial charge in [0.1, 0.15) is 29.0 Å². The number of hydrogen-bond acceptors (Lipinski definition) is 7. The molecule has 10 nitrogen and oxygen atoms in total. The van der Waals surface area contributed by atoms with Gasteiger partial charge in [0.15, 0.2) is 5.65 Å². The molecule has 1 saturated heterocycles. The van der Waals surface area contributed by atoms with Crippen LogP contribution in [-0.2, 0) is 9.59 Å². The van der Waals surface area contributed by atoms with Crippen LogP contribution in [0.1, 0.15) is 37.9 Å². The third kappa shape index (κ3) is 4.56. The molecule has 0 aliphatic carbocycles. The van der Waals surface area contributed by atoms with Gasteiger partial charge in [0.2, 0.25) is 5.91 Å². The van der Waals surface area contributed by atoms with E-state index in [0.29, 0.717) is 38.8 Å². The fourth-order valence-electron chi connectivity index (χ4n) is 7.21. The van der Waals surface area contributed by atoms with Crippen LogP contribution in [0.5, 0.6) is 5.75 Å². The highest BCUT2D eigenvalue weighted by atomic mass is 19.1. The van der Waals surface area contributed by atoms with E-state index >= 15 is 4.39 Å². The molecule has 2 aromatic carbocycles. The van der Waals surface area contributed by atoms with Gasteiger partial charge in [-0.05, 0) is 66.4 Å². The second-order valence-corrected chi connectivity index (χ2v) is 12.9. The van der Waals surface area contributed by atoms with E-state index < -0.39 is 17.4 Å². The number of aryl methyl sites for hydroxylation is 1. The summed E-state index contributed by atoms with van der Waals surface area (Å²) in [6.45, 7) is 11.6. The van der Waals surface area contributed by atoms with E-state index in [1.165, 1.54) is 34.7 Å². The Kier molecular flexibility index (Phi) is 7.30. The van der Waals surface area contributed by atoms with Crippen molar-refractivity contribution >= 4 is 45.0 Å². The molecule has 2 aliphatic heterocycles. The number of anilines is 2. The zero-order valence-electron chi connectivity index (χ0n) is 27.4. The molecule has 0 saturated carbocycles. The number of halogens is 1. The van der Waals surface area contributed by atoms with Crippen LogP contribution in [0.2, 0.25) is 0 Å². The number of amides is 2. The lowest BCUT2D eigenvalue weighted by Gasteiger charge is -2.49. The molecule has 11 heteroatoms. The van der Waals surface area contributed by atoms with Crippen LogP contribution in [0.25, 0.3) is 38.8 Å². The number of phenolic OH excluding ortho intramolecular Hbond substituents is 1. The smallest absolute Gasteiger partial charge is 0.283 e. The molecule has 244 valence electrons. The Balaban J connectivity index is 1.61. The van der Waals surface area contributed by atoms with Crippen LogP contribution in [0.3, 0.4) is 0 Å². The summed E-state index contributed by atoms with van der Waals surface area (Å²) < 4.78 is 18.1. The first-order valence-corrected chi connectivity index (χ1v) is 15.9. The van der Waals surface area contributed by atoms with Crippen LogP contribution < -0.4 is 15.4 Å². The summed E-state index contributed by atoms with van der Waals surface area (Å²) in [5.41, 5.74) is 2.37. The number of fused-ring (bicyclic) bond motifs is 6. The summed E-state index contributed by atoms with van der Waals surface area (Å²) in [5.74, 6) is -1.47. The zero-order chi connectivity index (χ0) is 34.2. The van der Waals surface area contributed by atoms with Crippen molar-refractivity contribution in [3.05, 3.63) is 94.8 Å². The molecular formula is C37H35FN6O4. The molecule has 1 N–H and O–H groups in total. The van der Waals surface area contributed by atoms with Crippen molar-refractivity contribution < 1.29 is 19.1 Å². The van der Waals surface area contributed by atoms with Crippen molar-refractivity contribution in [3.8, 4) is 22.7 Å². The summed E-state index contributed by atoms with van der Waals surface area (Å²) in [5, 5.41) is 12.3. The van der Waals surface area contributed by atoms with Gasteiger partial charge in [-0.2, -0.15) is 0 Å². The highest BCUT2D eigenvalue weighted by Gasteiger charge is 2.46. The maximum atomic E-state index is 16.6. The second-order valence-electron chi connectivity index (χ2n) is 12.9. The monoisotopic (exact) mass is 646 g/mol. The zero-order valence-corrected chi connectivity index (χ0v) is 27.4. The van der Waals surface area contributed by atoms with Gasteiger partial charge in [0, 0.05) is 36.8 Å². The average molecular weight is 647 g/mol. The largest absolute Gasteiger partial charge is 0.508 e. The molecule has 5 heterocycles. The first-order valence-electron chi connectivity index (χ1n) is 15.9. The summed E-state index contributed by atoms with van der Waals surface area (Å²) in [6.07, 6.45) is 2.91. The minimum atomic E-state index is -0.815. The molecule has 5 aromatic rings. The number of piperazine rings is 1. The van der Waals surface area contributed by atoms with Gasteiger partial charge in [-0.1, -0.05) is 44.7 Å². The Morgan fingerprint density at radius 2 is 1.81 bits per heavy atom. The van der Waals surface area contributed by atoms with Crippen molar-refractivity contribution in [2.45, 2.75) is 45.7 Å². The van der Waals surface area contributed by atoms with Gasteiger partial charge in [-0.25, -0.2) is 9.37 Å². The number of hydrogen-bond donors (Lipinski definition) is 1. The van der Waals surface area contributed by atoms with Crippen LogP contribution in [-0.4, -0.2) is 68.6 Å². The van der Waals surface area contributed by atoms with Crippen molar-refractivity contribution in [3.63, 3.8) is 0 Å². The molecule has 2 atom stereocenters. The third-order valence-electron chi connectivity index (χ3n) is 9.51. The maximum Gasteiger partial charge on any atom is 0.283 e. The summed E-state index contributed by atoms with van der Waals surface area (Å²) in [4.78, 5) is 55.9. The van der Waals surface area contributed by atoms with E-state index in [9.17, 15) is 19.5 Å². The topological polar surface area (TPSA) is 112 Å². The van der Waals surface area contributed by atoms with E-state index in [1.54, 1.807) is 23.2 Å². The normalized spacial score (nSPS) is 17.6. The van der Waals surface area contributed by atoms with E-state index in [1.807, 2.05) is 56.9 Å². The van der Waals surface area contributed by atoms with Gasteiger partial charge in [0.05, 0.1) is 23.6 Å². The fraction of sp³-hybridized carbons (Fsp3) is 0.270. The van der Waals surface area contributed by atoms with E-state index in [-0.39, 0.29) is 59.6 Å². The molecule has 2 amide bonds. The molecule has 0 bridgehead atoms. The summed E-state index contributed by atoms with van der Waals surface area (Å²) in [7, 11) is 1.53. The van der Waals surface area contributed by atoms with Gasteiger partial charge >= 0.3 is 0 Å². The van der Waals surface area contributed by atoms with Crippen LogP contribution in [0, 0.1) is 12.7 Å². The standard InChI is InChI=1S/C37H35FN6O4/c1-7-29(46)42-18-28-36(47)41(6)34-33(43(28)17-21(42)5)26-16-27(38)31(25-15-23(45)14-22-10-8-9-11-24(22)25)40-35(26)44(37(34)48)32-20(4)12-13-39-30(32)19(2)3/h7-16,19,21,28,45H,1,17-18H2,2-6H3/t21-,28-/m1/s1. The third-order valence-corrected chi connectivity index (χ3v) is 9.51. The first-order chi connectivity index (χ1) is 22.9. The van der Waals surface area contributed by atoms with Crippen molar-refractivity contribution in [1.29, 1.82) is 0 Å². The van der Waals surface area contributed by atoms with Crippen molar-refractivity contribution in [2.24, 2.45) is 0 Å². The van der Waals surface area contributed by atoms with Crippen LogP contribution in [0.15, 0.2) is 72.2 Å². The number of carbonyl (C=O) groups excluding carboxylic acids is 2. The number of rotatable bonds is 4. The van der Waals surface area contributed by atoms with Crippen LogP contribution in [0.4, 0.5) is 15.8 Å². The second kappa shape index (κ2) is 11.3. The first kappa shape index (κ1) is 31.0. The maximum absolute atomic E-state index is 16.6. The average Bonchev–Trinajstić information content (AvgIpc) is 3.06. The Morgan fingerprint density at radius 1 is 1.06 bits per heavy atom. The molecule has 2 aliphatic rings. The van der Waals surface area contributed by atoms with Crippen molar-refractivity contribution in [1.82, 2.24) is 19.4 Å². The Morgan fingerprint density at radius 3 is 2.54 bits per heavy atom. The lowest BCUT2D eigenvalue weighted by atomic mass is 9.97. The fourth-order valence-corrected chi connectivity index (χ4v) is 7.21.